The minimum atomic E-state index is 0. The SMILES string of the molecule is N#[C][Ti].[Ti]. The molecule has 0 aromatic heterocycles. The van der Waals surface area contributed by atoms with Gasteiger partial charge in [0.05, 0.1) is 0 Å². The number of hydrogen-bond donors (Lipinski definition) is 0. The molecule has 0 fully saturated rings. The summed E-state index contributed by atoms with van der Waals surface area (Å²) in [5, 5.41) is 7.32. The Morgan fingerprint density at radius 3 is 1.75 bits per heavy atom. The van der Waals surface area contributed by atoms with Crippen molar-refractivity contribution in [1.29, 1.82) is 5.26 Å². The molecule has 0 aliphatic rings. The summed E-state index contributed by atoms with van der Waals surface area (Å²) >= 11 is 1.43. The third-order valence-electron chi connectivity index (χ3n) is 0. The van der Waals surface area contributed by atoms with Crippen LogP contribution in [-0.2, 0) is 42.2 Å². The van der Waals surface area contributed by atoms with Crippen LogP contribution < -0.4 is 0 Å². The van der Waals surface area contributed by atoms with E-state index < -0.39 is 0 Å². The fourth-order valence-electron chi connectivity index (χ4n) is 0. The van der Waals surface area contributed by atoms with Crippen LogP contribution in [0.25, 0.3) is 0 Å². The molecule has 0 aromatic carbocycles. The first-order valence-electron chi connectivity index (χ1n) is 0.474. The zero-order valence-corrected chi connectivity index (χ0v) is 5.07. The van der Waals surface area contributed by atoms with E-state index in [1.165, 1.54) is 20.4 Å². The molecule has 0 amide bonds. The van der Waals surface area contributed by atoms with E-state index in [1.54, 1.807) is 4.37 Å². The van der Waals surface area contributed by atoms with Crippen LogP contribution in [0.1, 0.15) is 0 Å². The van der Waals surface area contributed by atoms with Gasteiger partial charge in [-0.25, -0.2) is 0 Å². The summed E-state index contributed by atoms with van der Waals surface area (Å²) in [6.07, 6.45) is 0. The van der Waals surface area contributed by atoms with Gasteiger partial charge in [-0.2, -0.15) is 0 Å². The predicted octanol–water partition coefficient (Wildman–Crippen LogP) is 0.0118. The Balaban J connectivity index is 0. The average Bonchev–Trinajstić information content (AvgIpc) is 0.918. The minimum Gasteiger partial charge on any atom is 0 e. The Kier molecular flexibility index (Phi) is 20.1. The molecule has 0 aliphatic heterocycles. The van der Waals surface area contributed by atoms with Gasteiger partial charge in [0.1, 0.15) is 0 Å². The number of nitrogens with zero attached hydrogens (tertiary/aromatic N) is 1. The van der Waals surface area contributed by atoms with Crippen LogP contribution in [-0.4, -0.2) is 0 Å². The van der Waals surface area contributed by atoms with Crippen molar-refractivity contribution < 1.29 is 42.2 Å². The second-order valence-corrected chi connectivity index (χ2v) is 0.461. The van der Waals surface area contributed by atoms with Gasteiger partial charge in [-0.15, -0.1) is 0 Å². The molecule has 0 N–H and O–H groups in total. The van der Waals surface area contributed by atoms with Gasteiger partial charge in [0.25, 0.3) is 0 Å². The van der Waals surface area contributed by atoms with Crippen molar-refractivity contribution in [1.82, 2.24) is 0 Å². The van der Waals surface area contributed by atoms with Crippen LogP contribution in [0.3, 0.4) is 0 Å². The topological polar surface area (TPSA) is 23.8 Å². The zero-order chi connectivity index (χ0) is 2.71. The minimum absolute atomic E-state index is 0. The molecule has 1 nitrogen and oxygen atoms in total. The quantitative estimate of drug-likeness (QED) is 0.415. The first kappa shape index (κ1) is 8.87. The fourth-order valence-corrected chi connectivity index (χ4v) is 0. The third kappa shape index (κ3) is 12.7. The van der Waals surface area contributed by atoms with Gasteiger partial charge in [-0.3, -0.25) is 0 Å². The Bertz CT molecular complexity index is 27.5. The average molecular weight is 122 g/mol. The van der Waals surface area contributed by atoms with Gasteiger partial charge in [-0.1, -0.05) is 0 Å². The molecule has 0 heterocycles. The summed E-state index contributed by atoms with van der Waals surface area (Å²) in [7, 11) is 0. The Labute approximate surface area is 51.7 Å². The molecule has 0 bridgehead atoms. The van der Waals surface area contributed by atoms with Crippen molar-refractivity contribution in [3.05, 3.63) is 0 Å². The van der Waals surface area contributed by atoms with Crippen molar-refractivity contribution in [3.8, 4) is 4.37 Å². The van der Waals surface area contributed by atoms with E-state index in [0.717, 1.165) is 0 Å². The first-order valence-corrected chi connectivity index (χ1v) is 1.25. The summed E-state index contributed by atoms with van der Waals surface area (Å²) in [5.41, 5.74) is 0. The monoisotopic (exact) mass is 122 g/mol. The molecule has 0 radical (unpaired) electrons. The smallest absolute Gasteiger partial charge is 0 e. The van der Waals surface area contributed by atoms with Crippen LogP contribution in [0.5, 0.6) is 0 Å². The van der Waals surface area contributed by atoms with Gasteiger partial charge >= 0.3 is 30.1 Å². The Hall–Kier alpha value is 0.919. The Morgan fingerprint density at radius 2 is 1.75 bits per heavy atom. The van der Waals surface area contributed by atoms with Crippen LogP contribution >= 0.6 is 0 Å². The van der Waals surface area contributed by atoms with Crippen LogP contribution in [0, 0.1) is 9.64 Å². The maximum atomic E-state index is 7.32. The van der Waals surface area contributed by atoms with Crippen LogP contribution in [0.4, 0.5) is 0 Å². The molecular formula is CNTi2. The molecule has 17 valence electrons. The zero-order valence-electron chi connectivity index (χ0n) is 1.95. The maximum absolute atomic E-state index is 7.32. The van der Waals surface area contributed by atoms with E-state index in [0.29, 0.717) is 0 Å². The number of rotatable bonds is 0. The summed E-state index contributed by atoms with van der Waals surface area (Å²) in [4.78, 5) is 0. The van der Waals surface area contributed by atoms with E-state index in [-0.39, 0.29) is 21.7 Å². The summed E-state index contributed by atoms with van der Waals surface area (Å²) < 4.78 is 1.75. The van der Waals surface area contributed by atoms with Crippen molar-refractivity contribution in [2.45, 2.75) is 0 Å². The summed E-state index contributed by atoms with van der Waals surface area (Å²) in [6.45, 7) is 0. The third-order valence-corrected chi connectivity index (χ3v) is 0. The summed E-state index contributed by atoms with van der Waals surface area (Å²) in [5.74, 6) is 0. The second-order valence-electron chi connectivity index (χ2n) is 0.112. The van der Waals surface area contributed by atoms with Gasteiger partial charge in [-0.05, 0) is 0 Å². The van der Waals surface area contributed by atoms with E-state index in [4.69, 9.17) is 5.26 Å². The second kappa shape index (κ2) is 9.07. The van der Waals surface area contributed by atoms with Gasteiger partial charge < -0.3 is 0 Å². The van der Waals surface area contributed by atoms with Crippen molar-refractivity contribution >= 4 is 0 Å². The molecule has 0 unspecified atom stereocenters. The van der Waals surface area contributed by atoms with Crippen LogP contribution in [0.15, 0.2) is 0 Å². The van der Waals surface area contributed by atoms with Gasteiger partial charge in [0.2, 0.25) is 0 Å². The van der Waals surface area contributed by atoms with Crippen LogP contribution in [0.2, 0.25) is 0 Å². The normalized spacial score (nSPS) is 1.50. The molecule has 0 saturated carbocycles. The van der Waals surface area contributed by atoms with Crippen molar-refractivity contribution in [2.75, 3.05) is 0 Å². The largest absolute Gasteiger partial charge is 0 e. The fraction of sp³-hybridized carbons (Fsp3) is 0. The van der Waals surface area contributed by atoms with E-state index in [2.05, 4.69) is 0 Å². The summed E-state index contributed by atoms with van der Waals surface area (Å²) in [6, 6.07) is 0. The van der Waals surface area contributed by atoms with E-state index in [9.17, 15) is 0 Å². The first-order chi connectivity index (χ1) is 1.41. The predicted molar refractivity (Wildman–Crippen MR) is 5.61 cm³/mol. The van der Waals surface area contributed by atoms with Gasteiger partial charge in [0.15, 0.2) is 0 Å². The molecule has 4 heavy (non-hydrogen) atoms. The Morgan fingerprint density at radius 1 is 1.75 bits per heavy atom. The maximum Gasteiger partial charge on any atom is 0 e. The standard InChI is InChI=1S/CN.2Ti/c1-2;;. The van der Waals surface area contributed by atoms with Gasteiger partial charge in [0, 0.05) is 21.7 Å². The molecular weight excluding hydrogens is 122 g/mol. The molecule has 0 atom stereocenters. The molecule has 0 spiro atoms. The van der Waals surface area contributed by atoms with E-state index >= 15 is 0 Å². The number of hydrogen-bond acceptors (Lipinski definition) is 1. The molecule has 0 rings (SSSR count). The molecule has 0 aromatic rings. The molecule has 3 heteroatoms. The number of nitriles is 1. The van der Waals surface area contributed by atoms with Crippen molar-refractivity contribution in [2.24, 2.45) is 0 Å². The van der Waals surface area contributed by atoms with Crippen molar-refractivity contribution in [3.63, 3.8) is 0 Å². The molecule has 0 saturated heterocycles. The molecule has 0 aliphatic carbocycles. The van der Waals surface area contributed by atoms with E-state index in [1.807, 2.05) is 0 Å².